The van der Waals surface area contributed by atoms with E-state index in [1.54, 1.807) is 0 Å². The van der Waals surface area contributed by atoms with E-state index in [9.17, 15) is 17.2 Å². The highest BCUT2D eigenvalue weighted by molar-refractivity contribution is 7.92. The molecule has 2 rings (SSSR count). The van der Waals surface area contributed by atoms with Crippen molar-refractivity contribution in [3.8, 4) is 0 Å². The van der Waals surface area contributed by atoms with Crippen molar-refractivity contribution >= 4 is 21.4 Å². The van der Waals surface area contributed by atoms with Crippen LogP contribution in [0.15, 0.2) is 41.6 Å². The van der Waals surface area contributed by atoms with Gasteiger partial charge in [0.1, 0.15) is 16.5 Å². The van der Waals surface area contributed by atoms with Crippen LogP contribution in [0.3, 0.4) is 0 Å². The normalized spacial score (nSPS) is 11.3. The van der Waals surface area contributed by atoms with E-state index in [0.717, 1.165) is 30.6 Å². The van der Waals surface area contributed by atoms with E-state index >= 15 is 0 Å². The molecule has 0 unspecified atom stereocenters. The number of nitrogens with two attached hydrogens (primary N) is 1. The highest BCUT2D eigenvalue weighted by atomic mass is 32.2. The van der Waals surface area contributed by atoms with E-state index in [0.29, 0.717) is 0 Å². The Morgan fingerprint density at radius 1 is 1.11 bits per heavy atom. The molecule has 8 heteroatoms. The van der Waals surface area contributed by atoms with Crippen molar-refractivity contribution in [1.82, 2.24) is 4.98 Å². The monoisotopic (exact) mass is 285 g/mol. The molecule has 1 aromatic carbocycles. The third-order valence-electron chi connectivity index (χ3n) is 2.25. The summed E-state index contributed by atoms with van der Waals surface area (Å²) in [4.78, 5) is 3.05. The minimum atomic E-state index is -4.07. The highest BCUT2D eigenvalue weighted by Crippen LogP contribution is 2.22. The Bertz CT molecular complexity index is 720. The highest BCUT2D eigenvalue weighted by Gasteiger charge is 2.17. The Hall–Kier alpha value is -2.22. The van der Waals surface area contributed by atoms with Gasteiger partial charge in [0, 0.05) is 12.3 Å². The first-order valence-electron chi connectivity index (χ1n) is 5.07. The van der Waals surface area contributed by atoms with Gasteiger partial charge in [-0.25, -0.2) is 17.2 Å². The third-order valence-corrected chi connectivity index (χ3v) is 3.58. The molecule has 0 saturated heterocycles. The predicted molar refractivity (Wildman–Crippen MR) is 65.8 cm³/mol. The number of rotatable bonds is 3. The molecule has 100 valence electrons. The summed E-state index contributed by atoms with van der Waals surface area (Å²) < 4.78 is 51.9. The minimum absolute atomic E-state index is 0.0503. The smallest absolute Gasteiger partial charge is 0.263 e. The van der Waals surface area contributed by atoms with Gasteiger partial charge in [-0.2, -0.15) is 0 Å². The number of pyridine rings is 1. The molecule has 2 aromatic rings. The fourth-order valence-electron chi connectivity index (χ4n) is 1.36. The van der Waals surface area contributed by atoms with Crippen LogP contribution < -0.4 is 10.5 Å². The zero-order chi connectivity index (χ0) is 14.0. The molecule has 1 heterocycles. The largest absolute Gasteiger partial charge is 0.397 e. The van der Waals surface area contributed by atoms with Gasteiger partial charge in [0.05, 0.1) is 17.6 Å². The fraction of sp³-hybridized carbons (Fsp3) is 0. The molecule has 0 aliphatic rings. The summed E-state index contributed by atoms with van der Waals surface area (Å²) in [6.45, 7) is 0. The molecule has 0 aliphatic heterocycles. The van der Waals surface area contributed by atoms with E-state index in [4.69, 9.17) is 5.73 Å². The van der Waals surface area contributed by atoms with Crippen LogP contribution in [0, 0.1) is 11.6 Å². The van der Waals surface area contributed by atoms with Crippen LogP contribution in [0.5, 0.6) is 0 Å². The predicted octanol–water partition coefficient (Wildman–Crippen LogP) is 1.74. The lowest BCUT2D eigenvalue weighted by atomic mass is 10.3. The van der Waals surface area contributed by atoms with Crippen molar-refractivity contribution in [3.63, 3.8) is 0 Å². The Balaban J connectivity index is 2.39. The molecule has 3 N–H and O–H groups in total. The molecule has 1 aromatic heterocycles. The molecular weight excluding hydrogens is 276 g/mol. The summed E-state index contributed by atoms with van der Waals surface area (Å²) >= 11 is 0. The summed E-state index contributed by atoms with van der Waals surface area (Å²) in [5.74, 6) is -1.45. The Morgan fingerprint density at radius 2 is 1.84 bits per heavy atom. The minimum Gasteiger partial charge on any atom is -0.397 e. The SMILES string of the molecule is Nc1ccc(F)cc1NS(=O)(=O)c1cncc(F)c1. The number of hydrogen-bond acceptors (Lipinski definition) is 4. The first kappa shape index (κ1) is 13.2. The number of nitrogen functional groups attached to an aromatic ring is 1. The van der Waals surface area contributed by atoms with E-state index in [-0.39, 0.29) is 16.3 Å². The summed E-state index contributed by atoms with van der Waals surface area (Å²) in [7, 11) is -4.07. The topological polar surface area (TPSA) is 85.1 Å². The van der Waals surface area contributed by atoms with Gasteiger partial charge in [-0.3, -0.25) is 9.71 Å². The number of nitrogens with zero attached hydrogens (tertiary/aromatic N) is 1. The maximum atomic E-state index is 13.0. The van der Waals surface area contributed by atoms with Crippen molar-refractivity contribution < 1.29 is 17.2 Å². The van der Waals surface area contributed by atoms with Gasteiger partial charge in [-0.1, -0.05) is 0 Å². The molecule has 0 atom stereocenters. The Kier molecular flexibility index (Phi) is 3.34. The third kappa shape index (κ3) is 2.97. The van der Waals surface area contributed by atoms with Gasteiger partial charge in [0.2, 0.25) is 0 Å². The summed E-state index contributed by atoms with van der Waals surface area (Å²) in [5, 5.41) is 0. The molecule has 0 bridgehead atoms. The van der Waals surface area contributed by atoms with Crippen LogP contribution in [0.4, 0.5) is 20.2 Å². The van der Waals surface area contributed by atoms with Gasteiger partial charge in [0.15, 0.2) is 0 Å². The van der Waals surface area contributed by atoms with Crippen LogP contribution in [0.1, 0.15) is 0 Å². The molecule has 0 amide bonds. The van der Waals surface area contributed by atoms with Crippen molar-refractivity contribution in [2.24, 2.45) is 0 Å². The number of anilines is 2. The van der Waals surface area contributed by atoms with Crippen LogP contribution in [-0.4, -0.2) is 13.4 Å². The molecule has 0 aliphatic carbocycles. The van der Waals surface area contributed by atoms with Gasteiger partial charge in [-0.05, 0) is 18.2 Å². The Morgan fingerprint density at radius 3 is 2.53 bits per heavy atom. The van der Waals surface area contributed by atoms with E-state index in [1.807, 2.05) is 0 Å². The summed E-state index contributed by atoms with van der Waals surface area (Å²) in [5.41, 5.74) is 5.45. The van der Waals surface area contributed by atoms with Gasteiger partial charge >= 0.3 is 0 Å². The molecule has 0 saturated carbocycles. The zero-order valence-electron chi connectivity index (χ0n) is 9.47. The molecule has 0 fully saturated rings. The van der Waals surface area contributed by atoms with Crippen LogP contribution >= 0.6 is 0 Å². The standard InChI is InChI=1S/C11H9F2N3O2S/c12-7-1-2-10(14)11(4-7)16-19(17,18)9-3-8(13)5-15-6-9/h1-6,16H,14H2. The first-order chi connectivity index (χ1) is 8.88. The molecule has 5 nitrogen and oxygen atoms in total. The average molecular weight is 285 g/mol. The van der Waals surface area contributed by atoms with Crippen molar-refractivity contribution in [3.05, 3.63) is 48.3 Å². The summed E-state index contributed by atoms with van der Waals surface area (Å²) in [6, 6.07) is 4.04. The number of hydrogen-bond donors (Lipinski definition) is 2. The number of aromatic nitrogens is 1. The molecular formula is C11H9F2N3O2S. The zero-order valence-corrected chi connectivity index (χ0v) is 10.3. The lowest BCUT2D eigenvalue weighted by Crippen LogP contribution is -2.14. The maximum absolute atomic E-state index is 13.0. The van der Waals surface area contributed by atoms with Crippen LogP contribution in [-0.2, 0) is 10.0 Å². The second kappa shape index (κ2) is 4.81. The van der Waals surface area contributed by atoms with E-state index < -0.39 is 21.7 Å². The van der Waals surface area contributed by atoms with Gasteiger partial charge in [-0.15, -0.1) is 0 Å². The number of halogens is 2. The summed E-state index contributed by atoms with van der Waals surface area (Å²) in [6.07, 6.45) is 1.84. The van der Waals surface area contributed by atoms with Crippen molar-refractivity contribution in [2.75, 3.05) is 10.5 Å². The van der Waals surface area contributed by atoms with E-state index in [1.165, 1.54) is 6.07 Å². The van der Waals surface area contributed by atoms with Crippen molar-refractivity contribution in [1.29, 1.82) is 0 Å². The quantitative estimate of drug-likeness (QED) is 0.841. The second-order valence-electron chi connectivity index (χ2n) is 3.68. The average Bonchev–Trinajstić information content (AvgIpc) is 2.33. The maximum Gasteiger partial charge on any atom is 0.263 e. The molecule has 0 radical (unpaired) electrons. The second-order valence-corrected chi connectivity index (χ2v) is 5.36. The lowest BCUT2D eigenvalue weighted by Gasteiger charge is -2.10. The first-order valence-corrected chi connectivity index (χ1v) is 6.55. The Labute approximate surface area is 108 Å². The number of nitrogens with one attached hydrogen (secondary N) is 1. The molecule has 0 spiro atoms. The van der Waals surface area contributed by atoms with Gasteiger partial charge < -0.3 is 5.73 Å². The van der Waals surface area contributed by atoms with Crippen LogP contribution in [0.25, 0.3) is 0 Å². The van der Waals surface area contributed by atoms with E-state index in [2.05, 4.69) is 9.71 Å². The van der Waals surface area contributed by atoms with Gasteiger partial charge in [0.25, 0.3) is 10.0 Å². The van der Waals surface area contributed by atoms with Crippen LogP contribution in [0.2, 0.25) is 0 Å². The number of sulfonamides is 1. The fourth-order valence-corrected chi connectivity index (χ4v) is 2.41. The van der Waals surface area contributed by atoms with Crippen molar-refractivity contribution in [2.45, 2.75) is 4.90 Å². The number of benzene rings is 1. The lowest BCUT2D eigenvalue weighted by molar-refractivity contribution is 0.592. The molecule has 19 heavy (non-hydrogen) atoms.